The van der Waals surface area contributed by atoms with Gasteiger partial charge in [-0.05, 0) is 12.1 Å². The number of carbonyl (C=O) groups is 1. The number of aromatic nitrogens is 3. The number of carbonyl (C=O) groups excluding carboxylic acids is 1. The molecule has 7 nitrogen and oxygen atoms in total. The molecule has 0 aliphatic rings. The first kappa shape index (κ1) is 19.5. The maximum absolute atomic E-state index is 12.5. The van der Waals surface area contributed by atoms with Crippen LogP contribution in [0, 0.1) is 10.1 Å². The van der Waals surface area contributed by atoms with Gasteiger partial charge in [0.25, 0.3) is 5.69 Å². The first-order chi connectivity index (χ1) is 14.6. The van der Waals surface area contributed by atoms with Gasteiger partial charge < -0.3 is 0 Å². The van der Waals surface area contributed by atoms with Gasteiger partial charge in [0.2, 0.25) is 0 Å². The van der Waals surface area contributed by atoms with E-state index in [1.807, 2.05) is 53.1 Å². The Hall–Kier alpha value is -3.78. The fourth-order valence-corrected chi connectivity index (χ4v) is 3.80. The Morgan fingerprint density at radius 1 is 0.933 bits per heavy atom. The molecule has 0 saturated carbocycles. The summed E-state index contributed by atoms with van der Waals surface area (Å²) >= 11 is 1.28. The number of Topliss-reactive ketones (excluding diaryl/α,β-unsaturated/α-hetero) is 1. The van der Waals surface area contributed by atoms with Crippen molar-refractivity contribution < 1.29 is 9.72 Å². The zero-order valence-corrected chi connectivity index (χ0v) is 16.5. The minimum Gasteiger partial charge on any atom is -0.293 e. The summed E-state index contributed by atoms with van der Waals surface area (Å²) in [4.78, 5) is 23.2. The Bertz CT molecular complexity index is 1190. The molecule has 0 unspecified atom stereocenters. The summed E-state index contributed by atoms with van der Waals surface area (Å²) in [7, 11) is 0. The molecule has 0 radical (unpaired) electrons. The van der Waals surface area contributed by atoms with E-state index in [0.29, 0.717) is 22.1 Å². The number of nitro benzene ring substituents is 1. The summed E-state index contributed by atoms with van der Waals surface area (Å²) < 4.78 is 1.81. The molecule has 8 heteroatoms. The van der Waals surface area contributed by atoms with Crippen molar-refractivity contribution in [3.05, 3.63) is 101 Å². The number of thioether (sulfide) groups is 1. The highest BCUT2D eigenvalue weighted by Gasteiger charge is 2.19. The number of hydrogen-bond donors (Lipinski definition) is 0. The summed E-state index contributed by atoms with van der Waals surface area (Å²) in [5.41, 5.74) is 1.98. The van der Waals surface area contributed by atoms with Gasteiger partial charge in [-0.2, -0.15) is 0 Å². The van der Waals surface area contributed by atoms with Crippen LogP contribution in [0.3, 0.4) is 0 Å². The minimum atomic E-state index is -0.444. The van der Waals surface area contributed by atoms with E-state index in [4.69, 9.17) is 0 Å². The fraction of sp³-hybridized carbons (Fsp3) is 0.0455. The predicted molar refractivity (Wildman–Crippen MR) is 115 cm³/mol. The summed E-state index contributed by atoms with van der Waals surface area (Å²) in [6, 6.07) is 24.8. The highest BCUT2D eigenvalue weighted by molar-refractivity contribution is 7.99. The molecule has 30 heavy (non-hydrogen) atoms. The zero-order valence-electron chi connectivity index (χ0n) is 15.7. The number of rotatable bonds is 7. The topological polar surface area (TPSA) is 90.9 Å². The van der Waals surface area contributed by atoms with Gasteiger partial charge in [0.1, 0.15) is 0 Å². The average molecular weight is 416 g/mol. The number of benzene rings is 3. The van der Waals surface area contributed by atoms with Gasteiger partial charge in [0, 0.05) is 28.9 Å². The van der Waals surface area contributed by atoms with Gasteiger partial charge in [0.05, 0.1) is 10.7 Å². The molecule has 0 aliphatic carbocycles. The van der Waals surface area contributed by atoms with Crippen LogP contribution >= 0.6 is 11.8 Å². The maximum Gasteiger partial charge on any atom is 0.270 e. The Labute approximate surface area is 176 Å². The molecule has 1 aromatic heterocycles. The second kappa shape index (κ2) is 8.71. The van der Waals surface area contributed by atoms with E-state index < -0.39 is 4.92 Å². The maximum atomic E-state index is 12.5. The van der Waals surface area contributed by atoms with Gasteiger partial charge in [-0.1, -0.05) is 72.4 Å². The quantitative estimate of drug-likeness (QED) is 0.186. The first-order valence-electron chi connectivity index (χ1n) is 9.10. The highest BCUT2D eigenvalue weighted by Crippen LogP contribution is 2.30. The fourth-order valence-electron chi connectivity index (χ4n) is 2.96. The largest absolute Gasteiger partial charge is 0.293 e. The number of non-ortho nitro benzene ring substituents is 1. The van der Waals surface area contributed by atoms with Gasteiger partial charge >= 0.3 is 0 Å². The van der Waals surface area contributed by atoms with Crippen molar-refractivity contribution >= 4 is 23.2 Å². The lowest BCUT2D eigenvalue weighted by Gasteiger charge is -2.10. The predicted octanol–water partition coefficient (Wildman–Crippen LogP) is 4.82. The number of hydrogen-bond acceptors (Lipinski definition) is 6. The molecule has 0 aliphatic heterocycles. The molecule has 0 bridgehead atoms. The molecule has 4 aromatic rings. The Morgan fingerprint density at radius 3 is 2.33 bits per heavy atom. The van der Waals surface area contributed by atoms with Crippen LogP contribution < -0.4 is 0 Å². The Balaban J connectivity index is 1.71. The van der Waals surface area contributed by atoms with E-state index in [0.717, 1.165) is 5.69 Å². The SMILES string of the molecule is O=C(CSc1nnc(-c2cccc([N+](=O)[O-])c2)n1-c1ccccc1)c1ccccc1. The van der Waals surface area contributed by atoms with Crippen LogP contribution in [0.5, 0.6) is 0 Å². The number of nitro groups is 1. The lowest BCUT2D eigenvalue weighted by molar-refractivity contribution is -0.384. The van der Waals surface area contributed by atoms with Crippen molar-refractivity contribution in [1.29, 1.82) is 0 Å². The second-order valence-corrected chi connectivity index (χ2v) is 7.30. The summed E-state index contributed by atoms with van der Waals surface area (Å²) in [6.45, 7) is 0. The lowest BCUT2D eigenvalue weighted by atomic mass is 10.2. The molecule has 148 valence electrons. The lowest BCUT2D eigenvalue weighted by Crippen LogP contribution is -2.05. The molecule has 4 rings (SSSR count). The van der Waals surface area contributed by atoms with Crippen LogP contribution in [0.1, 0.15) is 10.4 Å². The van der Waals surface area contributed by atoms with E-state index in [1.165, 1.54) is 23.9 Å². The molecule has 3 aromatic carbocycles. The van der Waals surface area contributed by atoms with Crippen molar-refractivity contribution in [3.8, 4) is 17.1 Å². The van der Waals surface area contributed by atoms with Gasteiger partial charge in [-0.15, -0.1) is 10.2 Å². The summed E-state index contributed by atoms with van der Waals surface area (Å²) in [5, 5.41) is 20.2. The molecule has 0 N–H and O–H groups in total. The molecule has 1 heterocycles. The number of ketones is 1. The third kappa shape index (κ3) is 4.13. The van der Waals surface area contributed by atoms with Crippen LogP contribution in [-0.2, 0) is 0 Å². The molecule has 0 saturated heterocycles. The number of nitrogens with zero attached hydrogens (tertiary/aromatic N) is 4. The van der Waals surface area contributed by atoms with Crippen LogP contribution in [0.2, 0.25) is 0 Å². The Morgan fingerprint density at radius 2 is 1.63 bits per heavy atom. The van der Waals surface area contributed by atoms with E-state index in [2.05, 4.69) is 10.2 Å². The van der Waals surface area contributed by atoms with Crippen molar-refractivity contribution in [2.75, 3.05) is 5.75 Å². The van der Waals surface area contributed by atoms with E-state index in [9.17, 15) is 14.9 Å². The summed E-state index contributed by atoms with van der Waals surface area (Å²) in [6.07, 6.45) is 0. The van der Waals surface area contributed by atoms with Crippen molar-refractivity contribution in [2.45, 2.75) is 5.16 Å². The third-order valence-corrected chi connectivity index (χ3v) is 5.32. The van der Waals surface area contributed by atoms with Gasteiger partial charge in [-0.25, -0.2) is 0 Å². The average Bonchev–Trinajstić information content (AvgIpc) is 3.22. The van der Waals surface area contributed by atoms with Gasteiger partial charge in [-0.3, -0.25) is 19.5 Å². The van der Waals surface area contributed by atoms with E-state index in [-0.39, 0.29) is 17.2 Å². The Kier molecular flexibility index (Phi) is 5.67. The molecular weight excluding hydrogens is 400 g/mol. The van der Waals surface area contributed by atoms with Crippen molar-refractivity contribution in [2.24, 2.45) is 0 Å². The van der Waals surface area contributed by atoms with E-state index >= 15 is 0 Å². The molecule has 0 fully saturated rings. The van der Waals surface area contributed by atoms with Crippen LogP contribution in [0.15, 0.2) is 90.1 Å². The zero-order chi connectivity index (χ0) is 20.9. The number of para-hydroxylation sites is 1. The van der Waals surface area contributed by atoms with Crippen molar-refractivity contribution in [1.82, 2.24) is 14.8 Å². The molecule has 0 amide bonds. The molecule has 0 spiro atoms. The first-order valence-corrected chi connectivity index (χ1v) is 10.1. The summed E-state index contributed by atoms with van der Waals surface area (Å²) in [5.74, 6) is 0.656. The molecular formula is C22H16N4O3S. The second-order valence-electron chi connectivity index (χ2n) is 6.36. The van der Waals surface area contributed by atoms with Crippen LogP contribution in [-0.4, -0.2) is 31.2 Å². The van der Waals surface area contributed by atoms with Crippen molar-refractivity contribution in [3.63, 3.8) is 0 Å². The minimum absolute atomic E-state index is 0.0138. The third-order valence-electron chi connectivity index (χ3n) is 4.39. The standard InChI is InChI=1S/C22H16N4O3S/c27-20(16-8-3-1-4-9-16)15-30-22-24-23-21(25(22)18-11-5-2-6-12-18)17-10-7-13-19(14-17)26(28)29/h1-14H,15H2. The highest BCUT2D eigenvalue weighted by atomic mass is 32.2. The van der Waals surface area contributed by atoms with Gasteiger partial charge in [0.15, 0.2) is 16.8 Å². The normalized spacial score (nSPS) is 10.7. The van der Waals surface area contributed by atoms with Crippen LogP contribution in [0.4, 0.5) is 5.69 Å². The van der Waals surface area contributed by atoms with E-state index in [1.54, 1.807) is 24.3 Å². The smallest absolute Gasteiger partial charge is 0.270 e. The van der Waals surface area contributed by atoms with Crippen LogP contribution in [0.25, 0.3) is 17.1 Å². The monoisotopic (exact) mass is 416 g/mol. The molecule has 0 atom stereocenters.